The summed E-state index contributed by atoms with van der Waals surface area (Å²) >= 11 is 0. The average molecular weight is 331 g/mol. The van der Waals surface area contributed by atoms with Crippen molar-refractivity contribution in [2.24, 2.45) is 5.92 Å². The maximum Gasteiger partial charge on any atom is 0.0650 e. The first kappa shape index (κ1) is 16.1. The molecular formula is C22H25N3. The van der Waals surface area contributed by atoms with Gasteiger partial charge in [0.15, 0.2) is 0 Å². The molecular weight excluding hydrogens is 306 g/mol. The van der Waals surface area contributed by atoms with Gasteiger partial charge in [-0.15, -0.1) is 0 Å². The molecule has 3 nitrogen and oxygen atoms in total. The van der Waals surface area contributed by atoms with Gasteiger partial charge in [-0.3, -0.25) is 10.00 Å². The van der Waals surface area contributed by atoms with Crippen molar-refractivity contribution >= 4 is 17.0 Å². The fourth-order valence-electron chi connectivity index (χ4n) is 3.93. The number of H-pyrrole nitrogens is 1. The van der Waals surface area contributed by atoms with Crippen molar-refractivity contribution < 1.29 is 0 Å². The molecule has 1 aliphatic rings. The van der Waals surface area contributed by atoms with Crippen LogP contribution in [0.4, 0.5) is 0 Å². The highest BCUT2D eigenvalue weighted by molar-refractivity contribution is 5.78. The molecule has 4 rings (SSSR count). The van der Waals surface area contributed by atoms with Crippen LogP contribution in [0.5, 0.6) is 0 Å². The lowest BCUT2D eigenvalue weighted by Crippen LogP contribution is -2.35. The Balaban J connectivity index is 1.38. The molecule has 2 aromatic carbocycles. The number of fused-ring (bicyclic) bond motifs is 1. The van der Waals surface area contributed by atoms with Gasteiger partial charge in [0.2, 0.25) is 0 Å². The van der Waals surface area contributed by atoms with E-state index in [1.54, 1.807) is 0 Å². The van der Waals surface area contributed by atoms with Crippen LogP contribution in [0.25, 0.3) is 17.0 Å². The van der Waals surface area contributed by atoms with Gasteiger partial charge in [-0.05, 0) is 60.5 Å². The molecule has 0 amide bonds. The number of aromatic amines is 1. The summed E-state index contributed by atoms with van der Waals surface area (Å²) in [5.74, 6) is 0.741. The molecule has 1 atom stereocenters. The Morgan fingerprint density at radius 1 is 1.16 bits per heavy atom. The molecule has 3 heteroatoms. The summed E-state index contributed by atoms with van der Waals surface area (Å²) in [7, 11) is 0. The highest BCUT2D eigenvalue weighted by atomic mass is 15.1. The van der Waals surface area contributed by atoms with E-state index in [-0.39, 0.29) is 0 Å². The van der Waals surface area contributed by atoms with Crippen LogP contribution < -0.4 is 0 Å². The monoisotopic (exact) mass is 331 g/mol. The highest BCUT2D eigenvalue weighted by Crippen LogP contribution is 2.24. The van der Waals surface area contributed by atoms with Crippen molar-refractivity contribution in [3.8, 4) is 0 Å². The van der Waals surface area contributed by atoms with Gasteiger partial charge in [0, 0.05) is 18.5 Å². The SMILES string of the molecule is C=Cc1ccc(CN2CCC[C@@H](Cc3ccc4[nH]ncc4c3)C2)cc1. The topological polar surface area (TPSA) is 31.9 Å². The number of nitrogens with one attached hydrogen (secondary N) is 1. The predicted octanol–water partition coefficient (Wildman–Crippen LogP) is 4.66. The van der Waals surface area contributed by atoms with Gasteiger partial charge in [-0.1, -0.05) is 43.0 Å². The lowest BCUT2D eigenvalue weighted by molar-refractivity contribution is 0.167. The minimum Gasteiger partial charge on any atom is -0.299 e. The summed E-state index contributed by atoms with van der Waals surface area (Å²) in [6.07, 6.45) is 7.60. The fraction of sp³-hybridized carbons (Fsp3) is 0.318. The molecule has 0 saturated carbocycles. The van der Waals surface area contributed by atoms with E-state index in [0.29, 0.717) is 0 Å². The van der Waals surface area contributed by atoms with E-state index in [1.807, 2.05) is 12.3 Å². The highest BCUT2D eigenvalue weighted by Gasteiger charge is 2.20. The molecule has 1 saturated heterocycles. The average Bonchev–Trinajstić information content (AvgIpc) is 3.10. The molecule has 0 spiro atoms. The van der Waals surface area contributed by atoms with Gasteiger partial charge in [-0.25, -0.2) is 0 Å². The van der Waals surface area contributed by atoms with Crippen molar-refractivity contribution in [2.45, 2.75) is 25.8 Å². The zero-order valence-corrected chi connectivity index (χ0v) is 14.6. The van der Waals surface area contributed by atoms with Gasteiger partial charge in [0.05, 0.1) is 11.7 Å². The number of hydrogen-bond donors (Lipinski definition) is 1. The number of rotatable bonds is 5. The van der Waals surface area contributed by atoms with Crippen molar-refractivity contribution in [3.63, 3.8) is 0 Å². The summed E-state index contributed by atoms with van der Waals surface area (Å²) in [6, 6.07) is 15.5. The molecule has 128 valence electrons. The number of nitrogens with zero attached hydrogens (tertiary/aromatic N) is 2. The Morgan fingerprint density at radius 2 is 2.00 bits per heavy atom. The van der Waals surface area contributed by atoms with Gasteiger partial charge in [-0.2, -0.15) is 5.10 Å². The van der Waals surface area contributed by atoms with Crippen LogP contribution in [0.15, 0.2) is 55.2 Å². The number of benzene rings is 2. The van der Waals surface area contributed by atoms with Crippen LogP contribution in [-0.4, -0.2) is 28.2 Å². The van der Waals surface area contributed by atoms with Crippen LogP contribution in [0.3, 0.4) is 0 Å². The van der Waals surface area contributed by atoms with Crippen LogP contribution in [-0.2, 0) is 13.0 Å². The molecule has 1 aliphatic heterocycles. The summed E-state index contributed by atoms with van der Waals surface area (Å²) in [5, 5.41) is 8.36. The van der Waals surface area contributed by atoms with E-state index in [0.717, 1.165) is 24.4 Å². The minimum absolute atomic E-state index is 0.741. The Labute approximate surface area is 149 Å². The minimum atomic E-state index is 0.741. The summed E-state index contributed by atoms with van der Waals surface area (Å²) in [5.41, 5.74) is 5.13. The second-order valence-corrected chi connectivity index (χ2v) is 7.18. The Morgan fingerprint density at radius 3 is 2.84 bits per heavy atom. The second-order valence-electron chi connectivity index (χ2n) is 7.18. The number of piperidine rings is 1. The van der Waals surface area contributed by atoms with Gasteiger partial charge < -0.3 is 0 Å². The molecule has 0 bridgehead atoms. The van der Waals surface area contributed by atoms with E-state index >= 15 is 0 Å². The smallest absolute Gasteiger partial charge is 0.0650 e. The maximum absolute atomic E-state index is 4.12. The van der Waals surface area contributed by atoms with E-state index in [1.165, 1.54) is 48.0 Å². The maximum atomic E-state index is 4.12. The number of likely N-dealkylation sites (tertiary alicyclic amines) is 1. The predicted molar refractivity (Wildman–Crippen MR) is 104 cm³/mol. The van der Waals surface area contributed by atoms with E-state index in [2.05, 4.69) is 64.1 Å². The molecule has 2 heterocycles. The van der Waals surface area contributed by atoms with Crippen LogP contribution in [0.1, 0.15) is 29.5 Å². The first-order chi connectivity index (χ1) is 12.3. The standard InChI is InChI=1S/C22H25N3/c1-2-17-5-7-18(8-6-17)15-25-11-3-4-20(16-25)12-19-9-10-22-21(13-19)14-23-24-22/h2,5-10,13-14,20H,1,3-4,11-12,15-16H2,(H,23,24)/t20-/m0/s1. The van der Waals surface area contributed by atoms with E-state index in [4.69, 9.17) is 0 Å². The summed E-state index contributed by atoms with van der Waals surface area (Å²) in [6.45, 7) is 7.27. The Hall–Kier alpha value is -2.39. The first-order valence-corrected chi connectivity index (χ1v) is 9.16. The van der Waals surface area contributed by atoms with E-state index < -0.39 is 0 Å². The zero-order valence-electron chi connectivity index (χ0n) is 14.6. The number of aromatic nitrogens is 2. The van der Waals surface area contributed by atoms with Gasteiger partial charge >= 0.3 is 0 Å². The van der Waals surface area contributed by atoms with Crippen molar-refractivity contribution in [2.75, 3.05) is 13.1 Å². The summed E-state index contributed by atoms with van der Waals surface area (Å²) < 4.78 is 0. The lowest BCUT2D eigenvalue weighted by Gasteiger charge is -2.33. The van der Waals surface area contributed by atoms with Gasteiger partial charge in [0.25, 0.3) is 0 Å². The molecule has 3 aromatic rings. The zero-order chi connectivity index (χ0) is 17.1. The molecule has 25 heavy (non-hydrogen) atoms. The third-order valence-electron chi connectivity index (χ3n) is 5.25. The molecule has 0 aliphatic carbocycles. The Bertz CT molecular complexity index is 847. The normalized spacial score (nSPS) is 18.5. The van der Waals surface area contributed by atoms with Crippen molar-refractivity contribution in [3.05, 3.63) is 71.9 Å². The second kappa shape index (κ2) is 7.24. The largest absolute Gasteiger partial charge is 0.299 e. The molecule has 1 aromatic heterocycles. The Kier molecular flexibility index (Phi) is 4.66. The van der Waals surface area contributed by atoms with Crippen LogP contribution in [0.2, 0.25) is 0 Å². The van der Waals surface area contributed by atoms with Crippen molar-refractivity contribution in [1.82, 2.24) is 15.1 Å². The van der Waals surface area contributed by atoms with Crippen molar-refractivity contribution in [1.29, 1.82) is 0 Å². The summed E-state index contributed by atoms with van der Waals surface area (Å²) in [4.78, 5) is 2.60. The molecule has 1 fully saturated rings. The number of hydrogen-bond acceptors (Lipinski definition) is 2. The van der Waals surface area contributed by atoms with Crippen LogP contribution in [0, 0.1) is 5.92 Å². The molecule has 0 radical (unpaired) electrons. The third kappa shape index (κ3) is 3.83. The fourth-order valence-corrected chi connectivity index (χ4v) is 3.93. The lowest BCUT2D eigenvalue weighted by atomic mass is 9.90. The van der Waals surface area contributed by atoms with E-state index in [9.17, 15) is 0 Å². The van der Waals surface area contributed by atoms with Gasteiger partial charge in [0.1, 0.15) is 0 Å². The quantitative estimate of drug-likeness (QED) is 0.737. The van der Waals surface area contributed by atoms with Crippen LogP contribution >= 0.6 is 0 Å². The third-order valence-corrected chi connectivity index (χ3v) is 5.25. The first-order valence-electron chi connectivity index (χ1n) is 9.16. The molecule has 1 N–H and O–H groups in total. The molecule has 0 unspecified atom stereocenters.